The fourth-order valence-electron chi connectivity index (χ4n) is 2.96. The minimum absolute atomic E-state index is 0.124. The molecule has 1 amide bonds. The molecule has 34 heavy (non-hydrogen) atoms. The molecular weight excluding hydrogens is 452 g/mol. The molecule has 0 atom stereocenters. The fraction of sp³-hybridized carbons (Fsp3) is 0.280. The molecule has 1 N–H and O–H groups in total. The Kier molecular flexibility index (Phi) is 9.28. The summed E-state index contributed by atoms with van der Waals surface area (Å²) in [6.07, 6.45) is 2.49. The Bertz CT molecular complexity index is 1130. The molecule has 1 heterocycles. The largest absolute Gasteiger partial charge is 0.486 e. The number of esters is 1. The van der Waals surface area contributed by atoms with Gasteiger partial charge in [-0.25, -0.2) is 4.79 Å². The number of thioether (sulfide) groups is 1. The molecule has 3 rings (SSSR count). The number of aryl methyl sites for hydroxylation is 1. The molecule has 0 bridgehead atoms. The van der Waals surface area contributed by atoms with Gasteiger partial charge in [0.15, 0.2) is 11.0 Å². The molecule has 0 aliphatic rings. The predicted octanol–water partition coefficient (Wildman–Crippen LogP) is 4.65. The van der Waals surface area contributed by atoms with Crippen LogP contribution in [0.1, 0.15) is 35.1 Å². The lowest BCUT2D eigenvalue weighted by Crippen LogP contribution is -2.15. The molecule has 0 saturated heterocycles. The van der Waals surface area contributed by atoms with E-state index in [1.165, 1.54) is 11.8 Å². The van der Waals surface area contributed by atoms with Gasteiger partial charge >= 0.3 is 5.97 Å². The number of aromatic nitrogens is 3. The van der Waals surface area contributed by atoms with Gasteiger partial charge in [-0.2, -0.15) is 0 Å². The fourth-order valence-corrected chi connectivity index (χ4v) is 3.72. The first-order valence-corrected chi connectivity index (χ1v) is 11.9. The molecule has 178 valence electrons. The SMILES string of the molecule is C=CCn1c(COc2ccc(C)cc2)nnc1SCC(=O)Nc1cccc(C(=O)OCCC)c1. The van der Waals surface area contributed by atoms with Gasteiger partial charge in [0, 0.05) is 12.2 Å². The van der Waals surface area contributed by atoms with Crippen molar-refractivity contribution < 1.29 is 19.1 Å². The third-order valence-electron chi connectivity index (χ3n) is 4.65. The molecule has 2 aromatic carbocycles. The first kappa shape index (κ1) is 25.0. The second kappa shape index (κ2) is 12.6. The van der Waals surface area contributed by atoms with Crippen molar-refractivity contribution in [2.24, 2.45) is 0 Å². The summed E-state index contributed by atoms with van der Waals surface area (Å²) in [7, 11) is 0. The van der Waals surface area contributed by atoms with E-state index in [2.05, 4.69) is 22.1 Å². The lowest BCUT2D eigenvalue weighted by Gasteiger charge is -2.10. The van der Waals surface area contributed by atoms with Crippen LogP contribution in [0.5, 0.6) is 5.75 Å². The maximum absolute atomic E-state index is 12.5. The van der Waals surface area contributed by atoms with Crippen LogP contribution in [0.25, 0.3) is 0 Å². The number of hydrogen-bond acceptors (Lipinski definition) is 7. The Balaban J connectivity index is 1.58. The van der Waals surface area contributed by atoms with Crippen LogP contribution in [0.3, 0.4) is 0 Å². The zero-order valence-electron chi connectivity index (χ0n) is 19.3. The highest BCUT2D eigenvalue weighted by atomic mass is 32.2. The number of carbonyl (C=O) groups is 2. The number of benzene rings is 2. The molecule has 0 aliphatic heterocycles. The van der Waals surface area contributed by atoms with Gasteiger partial charge in [0.1, 0.15) is 12.4 Å². The normalized spacial score (nSPS) is 10.5. The minimum atomic E-state index is -0.412. The summed E-state index contributed by atoms with van der Waals surface area (Å²) < 4.78 is 12.8. The minimum Gasteiger partial charge on any atom is -0.486 e. The van der Waals surface area contributed by atoms with E-state index >= 15 is 0 Å². The number of nitrogens with zero attached hydrogens (tertiary/aromatic N) is 3. The smallest absolute Gasteiger partial charge is 0.338 e. The van der Waals surface area contributed by atoms with Gasteiger partial charge in [-0.05, 0) is 43.7 Å². The third kappa shape index (κ3) is 7.21. The quantitative estimate of drug-likeness (QED) is 0.229. The number of anilines is 1. The Labute approximate surface area is 203 Å². The number of hydrogen-bond donors (Lipinski definition) is 1. The van der Waals surface area contributed by atoms with E-state index in [0.29, 0.717) is 35.4 Å². The summed E-state index contributed by atoms with van der Waals surface area (Å²) in [6.45, 7) is 8.83. The second-order valence-electron chi connectivity index (χ2n) is 7.45. The number of carbonyl (C=O) groups excluding carboxylic acids is 2. The van der Waals surface area contributed by atoms with Crippen LogP contribution in [0.15, 0.2) is 66.3 Å². The topological polar surface area (TPSA) is 95.3 Å². The van der Waals surface area contributed by atoms with Crippen LogP contribution in [-0.2, 0) is 22.7 Å². The summed E-state index contributed by atoms with van der Waals surface area (Å²) in [4.78, 5) is 24.5. The number of rotatable bonds is 12. The van der Waals surface area contributed by atoms with Crippen LogP contribution in [0.4, 0.5) is 5.69 Å². The van der Waals surface area contributed by atoms with Crippen LogP contribution >= 0.6 is 11.8 Å². The van der Waals surface area contributed by atoms with Crippen molar-refractivity contribution in [3.8, 4) is 5.75 Å². The Morgan fingerprint density at radius 1 is 1.18 bits per heavy atom. The van der Waals surface area contributed by atoms with Crippen molar-refractivity contribution in [2.45, 2.75) is 38.6 Å². The number of ether oxygens (including phenoxy) is 2. The van der Waals surface area contributed by atoms with Crippen molar-refractivity contribution in [1.82, 2.24) is 14.8 Å². The van der Waals surface area contributed by atoms with Crippen LogP contribution < -0.4 is 10.1 Å². The molecule has 0 radical (unpaired) electrons. The van der Waals surface area contributed by atoms with E-state index in [0.717, 1.165) is 17.7 Å². The summed E-state index contributed by atoms with van der Waals surface area (Å²) in [5.41, 5.74) is 2.07. The van der Waals surface area contributed by atoms with Crippen molar-refractivity contribution in [2.75, 3.05) is 17.7 Å². The molecule has 0 saturated carbocycles. The third-order valence-corrected chi connectivity index (χ3v) is 5.61. The lowest BCUT2D eigenvalue weighted by molar-refractivity contribution is -0.113. The van der Waals surface area contributed by atoms with E-state index in [4.69, 9.17) is 9.47 Å². The van der Waals surface area contributed by atoms with Crippen LogP contribution in [0.2, 0.25) is 0 Å². The van der Waals surface area contributed by atoms with Crippen molar-refractivity contribution in [3.63, 3.8) is 0 Å². The molecule has 0 unspecified atom stereocenters. The summed E-state index contributed by atoms with van der Waals surface area (Å²) in [5.74, 6) is 0.869. The molecule has 0 spiro atoms. The van der Waals surface area contributed by atoms with Gasteiger partial charge in [0.05, 0.1) is 17.9 Å². The zero-order valence-corrected chi connectivity index (χ0v) is 20.1. The Morgan fingerprint density at radius 3 is 2.71 bits per heavy atom. The van der Waals surface area contributed by atoms with Crippen molar-refractivity contribution in [1.29, 1.82) is 0 Å². The van der Waals surface area contributed by atoms with Crippen LogP contribution in [-0.4, -0.2) is 39.0 Å². The van der Waals surface area contributed by atoms with Gasteiger partial charge < -0.3 is 14.8 Å². The maximum Gasteiger partial charge on any atom is 0.338 e. The maximum atomic E-state index is 12.5. The average molecular weight is 481 g/mol. The second-order valence-corrected chi connectivity index (χ2v) is 8.40. The van der Waals surface area contributed by atoms with Gasteiger partial charge in [0.25, 0.3) is 0 Å². The van der Waals surface area contributed by atoms with E-state index in [-0.39, 0.29) is 18.3 Å². The zero-order chi connectivity index (χ0) is 24.3. The first-order chi connectivity index (χ1) is 16.5. The monoisotopic (exact) mass is 480 g/mol. The molecule has 9 heteroatoms. The first-order valence-electron chi connectivity index (χ1n) is 10.9. The van der Waals surface area contributed by atoms with Gasteiger partial charge in [-0.15, -0.1) is 16.8 Å². The Morgan fingerprint density at radius 2 is 1.97 bits per heavy atom. The van der Waals surface area contributed by atoms with Gasteiger partial charge in [0.2, 0.25) is 5.91 Å². The standard InChI is InChI=1S/C25H28N4O4S/c1-4-13-29-22(16-33-21-11-9-18(3)10-12-21)27-28-25(29)34-17-23(30)26-20-8-6-7-19(15-20)24(31)32-14-5-2/h4,6-12,15H,1,5,13-14,16-17H2,2-3H3,(H,26,30). The van der Waals surface area contributed by atoms with E-state index < -0.39 is 5.97 Å². The summed E-state index contributed by atoms with van der Waals surface area (Å²) >= 11 is 1.26. The highest BCUT2D eigenvalue weighted by molar-refractivity contribution is 7.99. The summed E-state index contributed by atoms with van der Waals surface area (Å²) in [5, 5.41) is 11.8. The number of nitrogens with one attached hydrogen (secondary N) is 1. The number of allylic oxidation sites excluding steroid dienone is 1. The highest BCUT2D eigenvalue weighted by Crippen LogP contribution is 2.20. The van der Waals surface area contributed by atoms with Crippen molar-refractivity contribution >= 4 is 29.3 Å². The van der Waals surface area contributed by atoms with E-state index in [1.54, 1.807) is 30.3 Å². The Hall–Kier alpha value is -3.59. The molecule has 0 fully saturated rings. The van der Waals surface area contributed by atoms with E-state index in [1.807, 2.05) is 42.7 Å². The van der Waals surface area contributed by atoms with Gasteiger partial charge in [-0.1, -0.05) is 48.5 Å². The van der Waals surface area contributed by atoms with Gasteiger partial charge in [-0.3, -0.25) is 9.36 Å². The summed E-state index contributed by atoms with van der Waals surface area (Å²) in [6, 6.07) is 14.4. The van der Waals surface area contributed by atoms with Crippen LogP contribution in [0, 0.1) is 6.92 Å². The average Bonchev–Trinajstić information content (AvgIpc) is 3.22. The predicted molar refractivity (Wildman–Crippen MR) is 132 cm³/mol. The van der Waals surface area contributed by atoms with Crippen molar-refractivity contribution in [3.05, 3.63) is 78.1 Å². The van der Waals surface area contributed by atoms with E-state index in [9.17, 15) is 9.59 Å². The highest BCUT2D eigenvalue weighted by Gasteiger charge is 2.15. The molecule has 3 aromatic rings. The lowest BCUT2D eigenvalue weighted by atomic mass is 10.2. The molecule has 0 aliphatic carbocycles. The molecule has 8 nitrogen and oxygen atoms in total. The molecular formula is C25H28N4O4S. The molecule has 1 aromatic heterocycles. The number of amides is 1.